The number of esters is 1. The van der Waals surface area contributed by atoms with Crippen molar-refractivity contribution in [3.05, 3.63) is 35.1 Å². The van der Waals surface area contributed by atoms with Crippen LogP contribution >= 0.6 is 0 Å². The number of carbonyl (C=O) groups is 1. The summed E-state index contributed by atoms with van der Waals surface area (Å²) in [4.78, 5) is 11.3. The van der Waals surface area contributed by atoms with E-state index in [0.29, 0.717) is 5.56 Å². The third-order valence-corrected chi connectivity index (χ3v) is 1.91. The van der Waals surface area contributed by atoms with E-state index in [4.69, 9.17) is 4.74 Å². The van der Waals surface area contributed by atoms with Gasteiger partial charge in [-0.2, -0.15) is 0 Å². The molecule has 82 valence electrons. The molecule has 0 spiro atoms. The fourth-order valence-corrected chi connectivity index (χ4v) is 1.19. The van der Waals surface area contributed by atoms with Crippen LogP contribution in [-0.2, 0) is 4.74 Å². The number of hydrogen-bond donors (Lipinski definition) is 1. The van der Waals surface area contributed by atoms with E-state index in [9.17, 15) is 14.3 Å². The Kier molecular flexibility index (Phi) is 3.80. The van der Waals surface area contributed by atoms with E-state index in [0.717, 1.165) is 6.07 Å². The Bertz CT molecular complexity index is 361. The summed E-state index contributed by atoms with van der Waals surface area (Å²) >= 11 is 0. The summed E-state index contributed by atoms with van der Waals surface area (Å²) in [6, 6.07) is 3.70. The van der Waals surface area contributed by atoms with Gasteiger partial charge >= 0.3 is 5.97 Å². The lowest BCUT2D eigenvalue weighted by Crippen LogP contribution is -2.06. The molecule has 1 rings (SSSR count). The van der Waals surface area contributed by atoms with E-state index in [1.807, 2.05) is 0 Å². The van der Waals surface area contributed by atoms with Gasteiger partial charge in [0.2, 0.25) is 0 Å². The highest BCUT2D eigenvalue weighted by Gasteiger charge is 2.11. The third-order valence-electron chi connectivity index (χ3n) is 1.91. The van der Waals surface area contributed by atoms with Gasteiger partial charge in [-0.25, -0.2) is 9.18 Å². The van der Waals surface area contributed by atoms with E-state index >= 15 is 0 Å². The van der Waals surface area contributed by atoms with E-state index in [2.05, 4.69) is 0 Å². The lowest BCUT2D eigenvalue weighted by atomic mass is 10.1. The first-order valence-corrected chi connectivity index (χ1v) is 4.70. The summed E-state index contributed by atoms with van der Waals surface area (Å²) in [5.74, 6) is -1.14. The lowest BCUT2D eigenvalue weighted by molar-refractivity contribution is 0.0525. The molecule has 0 aliphatic rings. The second-order valence-electron chi connectivity index (χ2n) is 3.17. The van der Waals surface area contributed by atoms with E-state index in [1.165, 1.54) is 19.1 Å². The van der Waals surface area contributed by atoms with Crippen LogP contribution in [0, 0.1) is 5.82 Å². The van der Waals surface area contributed by atoms with Gasteiger partial charge in [0.1, 0.15) is 5.82 Å². The van der Waals surface area contributed by atoms with Gasteiger partial charge in [0.25, 0.3) is 0 Å². The van der Waals surface area contributed by atoms with Crippen LogP contribution in [0.4, 0.5) is 4.39 Å². The standard InChI is InChI=1S/C11H13FO3/c1-3-15-11(14)9-4-8(7(2)13)5-10(12)6-9/h4-7,13H,3H2,1-2H3/t7-/m0/s1. The predicted molar refractivity (Wildman–Crippen MR) is 53.0 cm³/mol. The molecular formula is C11H13FO3. The zero-order valence-electron chi connectivity index (χ0n) is 8.66. The highest BCUT2D eigenvalue weighted by molar-refractivity contribution is 5.89. The van der Waals surface area contributed by atoms with E-state index in [1.54, 1.807) is 6.92 Å². The van der Waals surface area contributed by atoms with Crippen LogP contribution in [0.2, 0.25) is 0 Å². The van der Waals surface area contributed by atoms with Crippen molar-refractivity contribution < 1.29 is 19.0 Å². The Balaban J connectivity index is 3.03. The first-order chi connectivity index (χ1) is 7.04. The molecule has 0 unspecified atom stereocenters. The molecule has 0 saturated heterocycles. The average Bonchev–Trinajstić information content (AvgIpc) is 2.17. The first-order valence-electron chi connectivity index (χ1n) is 4.70. The molecular weight excluding hydrogens is 199 g/mol. The van der Waals surface area contributed by atoms with E-state index in [-0.39, 0.29) is 12.2 Å². The Hall–Kier alpha value is -1.42. The van der Waals surface area contributed by atoms with Gasteiger partial charge in [-0.05, 0) is 37.6 Å². The van der Waals surface area contributed by atoms with Gasteiger partial charge in [-0.3, -0.25) is 0 Å². The van der Waals surface area contributed by atoms with Gasteiger partial charge in [-0.15, -0.1) is 0 Å². The van der Waals surface area contributed by atoms with Crippen LogP contribution in [0.25, 0.3) is 0 Å². The highest BCUT2D eigenvalue weighted by Crippen LogP contribution is 2.16. The molecule has 1 aromatic rings. The van der Waals surface area contributed by atoms with Crippen LogP contribution in [0.3, 0.4) is 0 Å². The Labute approximate surface area is 87.5 Å². The van der Waals surface area contributed by atoms with Crippen LogP contribution < -0.4 is 0 Å². The largest absolute Gasteiger partial charge is 0.462 e. The molecule has 0 aliphatic heterocycles. The van der Waals surface area contributed by atoms with Crippen LogP contribution in [0.5, 0.6) is 0 Å². The minimum absolute atomic E-state index is 0.118. The van der Waals surface area contributed by atoms with E-state index < -0.39 is 17.9 Å². The lowest BCUT2D eigenvalue weighted by Gasteiger charge is -2.07. The summed E-state index contributed by atoms with van der Waals surface area (Å²) in [6.07, 6.45) is -0.811. The SMILES string of the molecule is CCOC(=O)c1cc(F)cc([C@H](C)O)c1. The molecule has 0 aromatic heterocycles. The maximum atomic E-state index is 13.1. The average molecular weight is 212 g/mol. The van der Waals surface area contributed by atoms with Gasteiger partial charge in [-0.1, -0.05) is 0 Å². The smallest absolute Gasteiger partial charge is 0.338 e. The fraction of sp³-hybridized carbons (Fsp3) is 0.364. The maximum absolute atomic E-state index is 13.1. The number of aliphatic hydroxyl groups is 1. The number of hydrogen-bond acceptors (Lipinski definition) is 3. The zero-order valence-corrected chi connectivity index (χ0v) is 8.66. The Morgan fingerprint density at radius 3 is 2.73 bits per heavy atom. The number of halogens is 1. The molecule has 0 fully saturated rings. The minimum atomic E-state index is -0.811. The topological polar surface area (TPSA) is 46.5 Å². The summed E-state index contributed by atoms with van der Waals surface area (Å²) in [6.45, 7) is 3.41. The first kappa shape index (κ1) is 11.7. The van der Waals surface area contributed by atoms with Crippen LogP contribution in [-0.4, -0.2) is 17.7 Å². The quantitative estimate of drug-likeness (QED) is 0.780. The van der Waals surface area contributed by atoms with Crippen molar-refractivity contribution in [2.24, 2.45) is 0 Å². The molecule has 1 aromatic carbocycles. The van der Waals surface area contributed by atoms with Gasteiger partial charge in [0.15, 0.2) is 0 Å². The van der Waals surface area contributed by atoms with Crippen molar-refractivity contribution >= 4 is 5.97 Å². The number of ether oxygens (including phenoxy) is 1. The molecule has 1 atom stereocenters. The van der Waals surface area contributed by atoms with Crippen molar-refractivity contribution in [2.75, 3.05) is 6.61 Å². The highest BCUT2D eigenvalue weighted by atomic mass is 19.1. The van der Waals surface area contributed by atoms with Gasteiger partial charge < -0.3 is 9.84 Å². The molecule has 0 heterocycles. The Morgan fingerprint density at radius 2 is 2.20 bits per heavy atom. The molecule has 0 amide bonds. The van der Waals surface area contributed by atoms with Crippen LogP contribution in [0.1, 0.15) is 35.9 Å². The molecule has 1 N–H and O–H groups in total. The Morgan fingerprint density at radius 1 is 1.53 bits per heavy atom. The number of carbonyl (C=O) groups excluding carboxylic acids is 1. The molecule has 0 radical (unpaired) electrons. The molecule has 15 heavy (non-hydrogen) atoms. The van der Waals surface area contributed by atoms with Crippen LogP contribution in [0.15, 0.2) is 18.2 Å². The second kappa shape index (κ2) is 4.89. The summed E-state index contributed by atoms with van der Waals surface area (Å²) in [5, 5.41) is 9.27. The third kappa shape index (κ3) is 3.02. The zero-order chi connectivity index (χ0) is 11.4. The van der Waals surface area contributed by atoms with Gasteiger partial charge in [0.05, 0.1) is 18.3 Å². The van der Waals surface area contributed by atoms with Crippen molar-refractivity contribution in [2.45, 2.75) is 20.0 Å². The van der Waals surface area contributed by atoms with Crippen molar-refractivity contribution in [1.29, 1.82) is 0 Å². The molecule has 3 nitrogen and oxygen atoms in total. The molecule has 4 heteroatoms. The normalized spacial score (nSPS) is 12.3. The predicted octanol–water partition coefficient (Wildman–Crippen LogP) is 2.06. The fourth-order valence-electron chi connectivity index (χ4n) is 1.19. The maximum Gasteiger partial charge on any atom is 0.338 e. The number of benzene rings is 1. The molecule has 0 saturated carbocycles. The summed E-state index contributed by atoms with van der Waals surface area (Å²) < 4.78 is 17.8. The monoisotopic (exact) mass is 212 g/mol. The number of rotatable bonds is 3. The number of aliphatic hydroxyl groups excluding tert-OH is 1. The molecule has 0 aliphatic carbocycles. The minimum Gasteiger partial charge on any atom is -0.462 e. The van der Waals surface area contributed by atoms with Crippen molar-refractivity contribution in [3.63, 3.8) is 0 Å². The van der Waals surface area contributed by atoms with Crippen molar-refractivity contribution in [3.8, 4) is 0 Å². The second-order valence-corrected chi connectivity index (χ2v) is 3.17. The summed E-state index contributed by atoms with van der Waals surface area (Å²) in [7, 11) is 0. The van der Waals surface area contributed by atoms with Crippen molar-refractivity contribution in [1.82, 2.24) is 0 Å². The summed E-state index contributed by atoms with van der Waals surface area (Å²) in [5.41, 5.74) is 0.478. The molecule has 0 bridgehead atoms. The van der Waals surface area contributed by atoms with Gasteiger partial charge in [0, 0.05) is 0 Å².